The van der Waals surface area contributed by atoms with Crippen LogP contribution in [0.4, 0.5) is 0 Å². The molecule has 0 saturated heterocycles. The van der Waals surface area contributed by atoms with E-state index in [1.165, 1.54) is 0 Å². The molecule has 0 bridgehead atoms. The molecule has 0 unspecified atom stereocenters. The maximum atomic E-state index is 11.9. The summed E-state index contributed by atoms with van der Waals surface area (Å²) in [5, 5.41) is 0. The number of hydrogen-bond donors (Lipinski definition) is 1. The molecule has 0 radical (unpaired) electrons. The average Bonchev–Trinajstić information content (AvgIpc) is 2.28. The molecule has 6 heteroatoms. The standard InChI is InChI=1S/C12H16INO3S/c1-10(2)9-17-8-7-14-18(15,16)12-5-3-11(13)4-6-12/h3-6,14H,1,7-9H2,2H3. The Morgan fingerprint density at radius 3 is 2.56 bits per heavy atom. The maximum absolute atomic E-state index is 11.9. The van der Waals surface area contributed by atoms with Crippen LogP contribution in [0.3, 0.4) is 0 Å². The summed E-state index contributed by atoms with van der Waals surface area (Å²) < 4.78 is 32.4. The second-order valence-electron chi connectivity index (χ2n) is 3.86. The lowest BCUT2D eigenvalue weighted by Gasteiger charge is -2.07. The summed E-state index contributed by atoms with van der Waals surface area (Å²) in [7, 11) is -3.43. The highest BCUT2D eigenvalue weighted by Crippen LogP contribution is 2.11. The molecule has 100 valence electrons. The number of rotatable bonds is 7. The summed E-state index contributed by atoms with van der Waals surface area (Å²) in [4.78, 5) is 0.266. The summed E-state index contributed by atoms with van der Waals surface area (Å²) >= 11 is 2.13. The number of sulfonamides is 1. The van der Waals surface area contributed by atoms with Crippen molar-refractivity contribution in [2.75, 3.05) is 19.8 Å². The van der Waals surface area contributed by atoms with Gasteiger partial charge in [0.2, 0.25) is 10.0 Å². The Labute approximate surface area is 122 Å². The Bertz CT molecular complexity index is 497. The first-order valence-electron chi connectivity index (χ1n) is 5.39. The van der Waals surface area contributed by atoms with Crippen molar-refractivity contribution in [1.82, 2.24) is 4.72 Å². The van der Waals surface area contributed by atoms with Crippen molar-refractivity contribution in [2.45, 2.75) is 11.8 Å². The largest absolute Gasteiger partial charge is 0.376 e. The van der Waals surface area contributed by atoms with Crippen molar-refractivity contribution in [1.29, 1.82) is 0 Å². The third-order valence-corrected chi connectivity index (χ3v) is 4.21. The van der Waals surface area contributed by atoms with Crippen LogP contribution in [0.5, 0.6) is 0 Å². The van der Waals surface area contributed by atoms with Crippen LogP contribution >= 0.6 is 22.6 Å². The monoisotopic (exact) mass is 381 g/mol. The minimum atomic E-state index is -3.43. The van der Waals surface area contributed by atoms with E-state index in [1.54, 1.807) is 24.3 Å². The van der Waals surface area contributed by atoms with E-state index < -0.39 is 10.0 Å². The number of benzene rings is 1. The predicted octanol–water partition coefficient (Wildman–Crippen LogP) is 2.16. The quantitative estimate of drug-likeness (QED) is 0.448. The molecule has 18 heavy (non-hydrogen) atoms. The first-order chi connectivity index (χ1) is 8.42. The summed E-state index contributed by atoms with van der Waals surface area (Å²) in [5.74, 6) is 0. The lowest BCUT2D eigenvalue weighted by Crippen LogP contribution is -2.27. The number of ether oxygens (including phenoxy) is 1. The maximum Gasteiger partial charge on any atom is 0.240 e. The van der Waals surface area contributed by atoms with Gasteiger partial charge in [0.15, 0.2) is 0 Å². The molecule has 1 rings (SSSR count). The van der Waals surface area contributed by atoms with Crippen LogP contribution in [0.15, 0.2) is 41.3 Å². The van der Waals surface area contributed by atoms with Gasteiger partial charge in [0.1, 0.15) is 0 Å². The fraction of sp³-hybridized carbons (Fsp3) is 0.333. The van der Waals surface area contributed by atoms with Gasteiger partial charge in [-0.2, -0.15) is 0 Å². The van der Waals surface area contributed by atoms with E-state index in [-0.39, 0.29) is 11.4 Å². The van der Waals surface area contributed by atoms with Crippen molar-refractivity contribution in [3.63, 3.8) is 0 Å². The molecule has 0 spiro atoms. The second-order valence-corrected chi connectivity index (χ2v) is 6.87. The molecular weight excluding hydrogens is 365 g/mol. The number of nitrogens with one attached hydrogen (secondary N) is 1. The van der Waals surface area contributed by atoms with Crippen molar-refractivity contribution in [3.05, 3.63) is 40.0 Å². The highest BCUT2D eigenvalue weighted by molar-refractivity contribution is 14.1. The highest BCUT2D eigenvalue weighted by Gasteiger charge is 2.12. The molecule has 1 N–H and O–H groups in total. The molecule has 4 nitrogen and oxygen atoms in total. The van der Waals surface area contributed by atoms with Crippen molar-refractivity contribution < 1.29 is 13.2 Å². The molecule has 0 aliphatic carbocycles. The molecule has 0 aliphatic heterocycles. The molecule has 0 aliphatic rings. The van der Waals surface area contributed by atoms with Gasteiger partial charge >= 0.3 is 0 Å². The van der Waals surface area contributed by atoms with Crippen molar-refractivity contribution in [2.24, 2.45) is 0 Å². The van der Waals surface area contributed by atoms with E-state index in [0.717, 1.165) is 9.14 Å². The first-order valence-corrected chi connectivity index (χ1v) is 7.95. The summed E-state index contributed by atoms with van der Waals surface area (Å²) in [6.45, 7) is 6.58. The highest BCUT2D eigenvalue weighted by atomic mass is 127. The van der Waals surface area contributed by atoms with Crippen molar-refractivity contribution >= 4 is 32.6 Å². The van der Waals surface area contributed by atoms with Gasteiger partial charge in [-0.05, 0) is 53.8 Å². The van der Waals surface area contributed by atoms with E-state index >= 15 is 0 Å². The SMILES string of the molecule is C=C(C)COCCNS(=O)(=O)c1ccc(I)cc1. The summed E-state index contributed by atoms with van der Waals surface area (Å²) in [6.07, 6.45) is 0. The molecule has 0 atom stereocenters. The zero-order valence-corrected chi connectivity index (χ0v) is 13.1. The zero-order valence-electron chi connectivity index (χ0n) is 10.1. The lowest BCUT2D eigenvalue weighted by atomic mass is 10.4. The Hall–Kier alpha value is -0.440. The van der Waals surface area contributed by atoms with Crippen LogP contribution in [-0.2, 0) is 14.8 Å². The molecule has 1 aromatic rings. The van der Waals surface area contributed by atoms with Crippen LogP contribution in [0, 0.1) is 3.57 Å². The van der Waals surface area contributed by atoms with Gasteiger partial charge in [0.25, 0.3) is 0 Å². The van der Waals surface area contributed by atoms with E-state index in [1.807, 2.05) is 6.92 Å². The van der Waals surface area contributed by atoms with E-state index in [4.69, 9.17) is 4.74 Å². The normalized spacial score (nSPS) is 11.4. The fourth-order valence-electron chi connectivity index (χ4n) is 1.19. The predicted molar refractivity (Wildman–Crippen MR) is 80.0 cm³/mol. The third-order valence-electron chi connectivity index (χ3n) is 2.01. The molecule has 0 aromatic heterocycles. The van der Waals surface area contributed by atoms with Gasteiger partial charge in [-0.1, -0.05) is 12.2 Å². The lowest BCUT2D eigenvalue weighted by molar-refractivity contribution is 0.162. The molecule has 0 saturated carbocycles. The molecule has 0 fully saturated rings. The van der Waals surface area contributed by atoms with Gasteiger partial charge < -0.3 is 4.74 Å². The Morgan fingerprint density at radius 1 is 1.39 bits per heavy atom. The van der Waals surface area contributed by atoms with Crippen LogP contribution in [-0.4, -0.2) is 28.2 Å². The molecular formula is C12H16INO3S. The minimum absolute atomic E-state index is 0.252. The first kappa shape index (κ1) is 15.6. The Balaban J connectivity index is 2.45. The van der Waals surface area contributed by atoms with E-state index in [9.17, 15) is 8.42 Å². The Kier molecular flexibility index (Phi) is 6.27. The van der Waals surface area contributed by atoms with Crippen LogP contribution in [0.2, 0.25) is 0 Å². The van der Waals surface area contributed by atoms with Crippen LogP contribution < -0.4 is 4.72 Å². The van der Waals surface area contributed by atoms with Crippen molar-refractivity contribution in [3.8, 4) is 0 Å². The van der Waals surface area contributed by atoms with Crippen LogP contribution in [0.1, 0.15) is 6.92 Å². The molecule has 0 heterocycles. The summed E-state index contributed by atoms with van der Waals surface area (Å²) in [6, 6.07) is 6.68. The molecule has 0 amide bonds. The van der Waals surface area contributed by atoms with E-state index in [2.05, 4.69) is 33.9 Å². The minimum Gasteiger partial charge on any atom is -0.376 e. The number of hydrogen-bond acceptors (Lipinski definition) is 3. The van der Waals surface area contributed by atoms with Gasteiger partial charge in [0.05, 0.1) is 18.1 Å². The fourth-order valence-corrected chi connectivity index (χ4v) is 2.56. The third kappa shape index (κ3) is 5.47. The number of halogens is 1. The average molecular weight is 381 g/mol. The van der Waals surface area contributed by atoms with Gasteiger partial charge in [-0.15, -0.1) is 0 Å². The topological polar surface area (TPSA) is 55.4 Å². The van der Waals surface area contributed by atoms with Gasteiger partial charge in [-0.3, -0.25) is 0 Å². The molecule has 1 aromatic carbocycles. The Morgan fingerprint density at radius 2 is 2.00 bits per heavy atom. The van der Waals surface area contributed by atoms with E-state index in [0.29, 0.717) is 13.2 Å². The smallest absolute Gasteiger partial charge is 0.240 e. The van der Waals surface area contributed by atoms with Gasteiger partial charge in [0, 0.05) is 10.1 Å². The van der Waals surface area contributed by atoms with Crippen LogP contribution in [0.25, 0.3) is 0 Å². The second kappa shape index (κ2) is 7.22. The zero-order chi connectivity index (χ0) is 13.6. The summed E-state index contributed by atoms with van der Waals surface area (Å²) in [5.41, 5.74) is 0.912. The van der Waals surface area contributed by atoms with Gasteiger partial charge in [-0.25, -0.2) is 13.1 Å².